The summed E-state index contributed by atoms with van der Waals surface area (Å²) in [7, 11) is 2.42. The first-order valence-electron chi connectivity index (χ1n) is 11.6. The quantitative estimate of drug-likeness (QED) is 0.481. The lowest BCUT2D eigenvalue weighted by molar-refractivity contribution is -0.139. The van der Waals surface area contributed by atoms with E-state index in [0.717, 1.165) is 0 Å². The number of alkyl carbamates (subject to hydrolysis) is 1. The molecule has 0 bridgehead atoms. The Morgan fingerprint density at radius 3 is 2.28 bits per heavy atom. The van der Waals surface area contributed by atoms with Crippen LogP contribution in [0, 0.1) is 5.82 Å². The highest BCUT2D eigenvalue weighted by Crippen LogP contribution is 2.36. The Kier molecular flexibility index (Phi) is 8.39. The summed E-state index contributed by atoms with van der Waals surface area (Å²) in [6, 6.07) is 4.20. The van der Waals surface area contributed by atoms with Crippen molar-refractivity contribution in [1.29, 1.82) is 0 Å². The first-order chi connectivity index (χ1) is 17.0. The van der Waals surface area contributed by atoms with Gasteiger partial charge in [-0.25, -0.2) is 18.8 Å². The summed E-state index contributed by atoms with van der Waals surface area (Å²) in [6.45, 7) is 6.55. The summed E-state index contributed by atoms with van der Waals surface area (Å²) in [5.41, 5.74) is 0.309. The Balaban J connectivity index is 1.91. The van der Waals surface area contributed by atoms with Crippen LogP contribution in [0.15, 0.2) is 53.9 Å². The zero-order valence-corrected chi connectivity index (χ0v) is 21.2. The van der Waals surface area contributed by atoms with Crippen molar-refractivity contribution >= 4 is 29.4 Å². The molecular formula is C26H32FN3O6. The SMILES string of the molecule is COC(=O)C1=C(C(=O)OC)N(c2cc(F)ccc2N2CCC(NC(=O)OC(C)(C)C)CC2)C=CC=C1. The standard InChI is InChI=1S/C26H32FN3O6/c1-26(2,3)36-25(33)28-18-11-14-29(15-12-18)20-10-9-17(27)16-21(20)30-13-7-6-8-19(23(31)34-4)22(30)24(32)35-5/h6-10,13,16,18H,11-12,14-15H2,1-5H3,(H,28,33). The number of carbonyl (C=O) groups is 3. The van der Waals surface area contributed by atoms with Crippen LogP contribution < -0.4 is 15.1 Å². The molecule has 0 spiro atoms. The van der Waals surface area contributed by atoms with Gasteiger partial charge >= 0.3 is 18.0 Å². The van der Waals surface area contributed by atoms with Gasteiger partial charge in [-0.3, -0.25) is 0 Å². The molecule has 9 nitrogen and oxygen atoms in total. The van der Waals surface area contributed by atoms with Crippen LogP contribution in [0.5, 0.6) is 0 Å². The highest BCUT2D eigenvalue weighted by molar-refractivity contribution is 6.06. The van der Waals surface area contributed by atoms with E-state index in [4.69, 9.17) is 14.2 Å². The number of amides is 1. The number of ether oxygens (including phenoxy) is 3. The molecule has 1 aromatic carbocycles. The molecule has 36 heavy (non-hydrogen) atoms. The lowest BCUT2D eigenvalue weighted by Gasteiger charge is -2.36. The van der Waals surface area contributed by atoms with E-state index in [1.165, 1.54) is 37.3 Å². The molecule has 0 saturated carbocycles. The second-order valence-electron chi connectivity index (χ2n) is 9.36. The summed E-state index contributed by atoms with van der Waals surface area (Å²) in [5, 5.41) is 2.90. The maximum atomic E-state index is 14.5. The monoisotopic (exact) mass is 501 g/mol. The van der Waals surface area contributed by atoms with Gasteiger partial charge in [-0.1, -0.05) is 6.08 Å². The zero-order valence-electron chi connectivity index (χ0n) is 21.2. The fourth-order valence-electron chi connectivity index (χ4n) is 4.05. The lowest BCUT2D eigenvalue weighted by atomic mass is 10.0. The number of allylic oxidation sites excluding steroid dienone is 2. The van der Waals surface area contributed by atoms with Gasteiger partial charge in [0.25, 0.3) is 0 Å². The number of rotatable bonds is 5. The van der Waals surface area contributed by atoms with Crippen molar-refractivity contribution in [2.24, 2.45) is 0 Å². The van der Waals surface area contributed by atoms with Crippen molar-refractivity contribution in [3.63, 3.8) is 0 Å². The molecule has 10 heteroatoms. The van der Waals surface area contributed by atoms with Crippen molar-refractivity contribution in [2.75, 3.05) is 37.1 Å². The molecule has 3 rings (SSSR count). The topological polar surface area (TPSA) is 97.4 Å². The van der Waals surface area contributed by atoms with Crippen LogP contribution in [0.4, 0.5) is 20.6 Å². The Hall–Kier alpha value is -3.82. The van der Waals surface area contributed by atoms with Gasteiger partial charge in [0.1, 0.15) is 17.1 Å². The van der Waals surface area contributed by atoms with Gasteiger partial charge in [-0.15, -0.1) is 0 Å². The van der Waals surface area contributed by atoms with Gasteiger partial charge in [-0.2, -0.15) is 0 Å². The summed E-state index contributed by atoms with van der Waals surface area (Å²) < 4.78 is 29.6. The average molecular weight is 502 g/mol. The van der Waals surface area contributed by atoms with E-state index in [0.29, 0.717) is 37.3 Å². The summed E-state index contributed by atoms with van der Waals surface area (Å²) in [4.78, 5) is 40.9. The summed E-state index contributed by atoms with van der Waals surface area (Å²) >= 11 is 0. The van der Waals surface area contributed by atoms with Crippen LogP contribution in [0.1, 0.15) is 33.6 Å². The molecule has 1 saturated heterocycles. The molecule has 1 aromatic rings. The predicted molar refractivity (Wildman–Crippen MR) is 133 cm³/mol. The molecule has 1 amide bonds. The molecule has 0 radical (unpaired) electrons. The second kappa shape index (κ2) is 11.3. The number of carbonyl (C=O) groups excluding carboxylic acids is 3. The Morgan fingerprint density at radius 2 is 1.67 bits per heavy atom. The van der Waals surface area contributed by atoms with E-state index in [1.54, 1.807) is 45.2 Å². The molecular weight excluding hydrogens is 469 g/mol. The number of hydrogen-bond donors (Lipinski definition) is 1. The molecule has 0 unspecified atom stereocenters. The normalized spacial score (nSPS) is 16.5. The first-order valence-corrected chi connectivity index (χ1v) is 11.6. The van der Waals surface area contributed by atoms with E-state index in [1.807, 2.05) is 4.90 Å². The van der Waals surface area contributed by atoms with Gasteiger partial charge in [0.2, 0.25) is 0 Å². The lowest BCUT2D eigenvalue weighted by Crippen LogP contribution is -2.46. The first kappa shape index (κ1) is 26.8. The third kappa shape index (κ3) is 6.44. The number of nitrogens with zero attached hydrogens (tertiary/aromatic N) is 2. The van der Waals surface area contributed by atoms with Gasteiger partial charge in [0.15, 0.2) is 0 Å². The Bertz CT molecular complexity index is 1100. The highest BCUT2D eigenvalue weighted by Gasteiger charge is 2.31. The van der Waals surface area contributed by atoms with Crippen LogP contribution >= 0.6 is 0 Å². The number of piperidine rings is 1. The number of hydrogen-bond acceptors (Lipinski definition) is 8. The van der Waals surface area contributed by atoms with Crippen LogP contribution in [0.2, 0.25) is 0 Å². The smallest absolute Gasteiger partial charge is 0.407 e. The Morgan fingerprint density at radius 1 is 1.00 bits per heavy atom. The van der Waals surface area contributed by atoms with E-state index in [-0.39, 0.29) is 17.3 Å². The fourth-order valence-corrected chi connectivity index (χ4v) is 4.05. The minimum Gasteiger partial charge on any atom is -0.465 e. The summed E-state index contributed by atoms with van der Waals surface area (Å²) in [6.07, 6.45) is 7.04. The Labute approximate surface area is 210 Å². The molecule has 2 aliphatic rings. The maximum absolute atomic E-state index is 14.5. The molecule has 0 atom stereocenters. The molecule has 2 heterocycles. The number of anilines is 2. The second-order valence-corrected chi connectivity index (χ2v) is 9.36. The summed E-state index contributed by atoms with van der Waals surface area (Å²) in [5.74, 6) is -2.01. The van der Waals surface area contributed by atoms with E-state index < -0.39 is 29.5 Å². The van der Waals surface area contributed by atoms with Gasteiger partial charge in [0, 0.05) is 25.3 Å². The van der Waals surface area contributed by atoms with Crippen LogP contribution in [-0.2, 0) is 23.8 Å². The number of benzene rings is 1. The van der Waals surface area contributed by atoms with E-state index in [2.05, 4.69) is 5.32 Å². The number of nitrogens with one attached hydrogen (secondary N) is 1. The number of methoxy groups -OCH3 is 2. The van der Waals surface area contributed by atoms with Crippen molar-refractivity contribution in [1.82, 2.24) is 5.32 Å². The number of halogens is 1. The predicted octanol–water partition coefficient (Wildman–Crippen LogP) is 3.81. The minimum atomic E-state index is -0.776. The molecule has 1 N–H and O–H groups in total. The van der Waals surface area contributed by atoms with Crippen molar-refractivity contribution in [2.45, 2.75) is 45.3 Å². The van der Waals surface area contributed by atoms with Gasteiger partial charge in [0.05, 0.1) is 31.2 Å². The maximum Gasteiger partial charge on any atom is 0.407 e. The molecule has 194 valence electrons. The third-order valence-electron chi connectivity index (χ3n) is 5.64. The average Bonchev–Trinajstić information content (AvgIpc) is 3.05. The zero-order chi connectivity index (χ0) is 26.5. The largest absolute Gasteiger partial charge is 0.465 e. The fraction of sp³-hybridized carbons (Fsp3) is 0.423. The highest BCUT2D eigenvalue weighted by atomic mass is 19.1. The van der Waals surface area contributed by atoms with Crippen LogP contribution in [0.25, 0.3) is 0 Å². The van der Waals surface area contributed by atoms with Crippen LogP contribution in [0.3, 0.4) is 0 Å². The van der Waals surface area contributed by atoms with Crippen LogP contribution in [-0.4, -0.2) is 57.0 Å². The number of esters is 2. The third-order valence-corrected chi connectivity index (χ3v) is 5.64. The molecule has 2 aliphatic heterocycles. The van der Waals surface area contributed by atoms with Gasteiger partial charge < -0.3 is 29.3 Å². The molecule has 0 aliphatic carbocycles. The van der Waals surface area contributed by atoms with Crippen molar-refractivity contribution < 1.29 is 33.0 Å². The van der Waals surface area contributed by atoms with E-state index >= 15 is 0 Å². The molecule has 1 fully saturated rings. The van der Waals surface area contributed by atoms with E-state index in [9.17, 15) is 18.8 Å². The minimum absolute atomic E-state index is 0.0233. The van der Waals surface area contributed by atoms with Crippen molar-refractivity contribution in [3.05, 3.63) is 59.7 Å². The van der Waals surface area contributed by atoms with Gasteiger partial charge in [-0.05, 0) is 64.0 Å². The van der Waals surface area contributed by atoms with Crippen molar-refractivity contribution in [3.8, 4) is 0 Å². The molecule has 0 aromatic heterocycles.